The quantitative estimate of drug-likeness (QED) is 0.737. The van der Waals surface area contributed by atoms with Gasteiger partial charge in [-0.1, -0.05) is 11.6 Å². The summed E-state index contributed by atoms with van der Waals surface area (Å²) in [6.45, 7) is 6.37. The normalized spacial score (nSPS) is 11.0. The highest BCUT2D eigenvalue weighted by Gasteiger charge is 2.07. The fourth-order valence-electron chi connectivity index (χ4n) is 2.25. The van der Waals surface area contributed by atoms with E-state index in [2.05, 4.69) is 9.97 Å². The Morgan fingerprint density at radius 1 is 1.14 bits per heavy atom. The van der Waals surface area contributed by atoms with Gasteiger partial charge in [0.05, 0.1) is 5.69 Å². The maximum atomic E-state index is 6.00. The number of ether oxygens (including phenoxy) is 1. The average molecular weight is 302 g/mol. The molecule has 0 N–H and O–H groups in total. The fraction of sp³-hybridized carbons (Fsp3) is 0.250. The molecule has 0 bridgehead atoms. The Morgan fingerprint density at radius 2 is 1.95 bits per heavy atom. The largest absolute Gasteiger partial charge is 0.487 e. The van der Waals surface area contributed by atoms with Crippen molar-refractivity contribution in [3.8, 4) is 5.75 Å². The Bertz CT molecular complexity index is 811. The minimum atomic E-state index is 0.406. The van der Waals surface area contributed by atoms with Crippen LogP contribution in [0.15, 0.2) is 30.5 Å². The Balaban J connectivity index is 1.82. The molecule has 5 heteroatoms. The molecule has 1 aromatic carbocycles. The third-order valence-electron chi connectivity index (χ3n) is 3.33. The highest BCUT2D eigenvalue weighted by molar-refractivity contribution is 6.31. The molecule has 0 saturated heterocycles. The van der Waals surface area contributed by atoms with E-state index < -0.39 is 0 Å². The van der Waals surface area contributed by atoms with Gasteiger partial charge in [-0.3, -0.25) is 4.40 Å². The highest BCUT2D eigenvalue weighted by Crippen LogP contribution is 2.21. The Hall–Kier alpha value is -2.07. The molecule has 3 rings (SSSR count). The van der Waals surface area contributed by atoms with Crippen molar-refractivity contribution in [2.24, 2.45) is 0 Å². The molecule has 0 spiro atoms. The van der Waals surface area contributed by atoms with Crippen molar-refractivity contribution < 1.29 is 4.74 Å². The molecule has 3 aromatic rings. The molecule has 108 valence electrons. The van der Waals surface area contributed by atoms with Crippen LogP contribution in [0.4, 0.5) is 0 Å². The first-order chi connectivity index (χ1) is 10.0. The van der Waals surface area contributed by atoms with Gasteiger partial charge in [0.25, 0.3) is 0 Å². The molecular formula is C16H16ClN3O. The summed E-state index contributed by atoms with van der Waals surface area (Å²) >= 11 is 6.00. The SMILES string of the molecule is Cc1cc(C)n2cc(COc3ccc(Cl)c(C)c3)nc2n1. The van der Waals surface area contributed by atoms with Crippen molar-refractivity contribution in [1.82, 2.24) is 14.4 Å². The number of rotatable bonds is 3. The van der Waals surface area contributed by atoms with E-state index in [0.717, 1.165) is 33.4 Å². The first-order valence-corrected chi connectivity index (χ1v) is 7.12. The molecule has 0 unspecified atom stereocenters. The third-order valence-corrected chi connectivity index (χ3v) is 3.75. The zero-order valence-corrected chi connectivity index (χ0v) is 13.0. The molecule has 0 aliphatic carbocycles. The second kappa shape index (κ2) is 5.37. The van der Waals surface area contributed by atoms with E-state index in [1.807, 2.05) is 55.6 Å². The van der Waals surface area contributed by atoms with E-state index in [1.54, 1.807) is 0 Å². The van der Waals surface area contributed by atoms with Gasteiger partial charge in [0.15, 0.2) is 0 Å². The predicted molar refractivity (Wildman–Crippen MR) is 83.0 cm³/mol. The zero-order chi connectivity index (χ0) is 15.0. The van der Waals surface area contributed by atoms with E-state index in [9.17, 15) is 0 Å². The van der Waals surface area contributed by atoms with E-state index in [4.69, 9.17) is 16.3 Å². The summed E-state index contributed by atoms with van der Waals surface area (Å²) in [5, 5.41) is 0.741. The number of halogens is 1. The molecule has 0 fully saturated rings. The van der Waals surface area contributed by atoms with Gasteiger partial charge in [0.2, 0.25) is 5.78 Å². The first-order valence-electron chi connectivity index (χ1n) is 6.74. The van der Waals surface area contributed by atoms with Crippen molar-refractivity contribution in [3.63, 3.8) is 0 Å². The molecule has 4 nitrogen and oxygen atoms in total. The van der Waals surface area contributed by atoms with E-state index in [-0.39, 0.29) is 0 Å². The summed E-state index contributed by atoms with van der Waals surface area (Å²) in [4.78, 5) is 8.91. The smallest absolute Gasteiger partial charge is 0.234 e. The van der Waals surface area contributed by atoms with Crippen LogP contribution >= 0.6 is 11.6 Å². The number of hydrogen-bond acceptors (Lipinski definition) is 3. The monoisotopic (exact) mass is 301 g/mol. The van der Waals surface area contributed by atoms with Crippen LogP contribution in [0.25, 0.3) is 5.78 Å². The van der Waals surface area contributed by atoms with E-state index >= 15 is 0 Å². The van der Waals surface area contributed by atoms with Crippen LogP contribution in [0, 0.1) is 20.8 Å². The van der Waals surface area contributed by atoms with E-state index in [1.165, 1.54) is 0 Å². The van der Waals surface area contributed by atoms with Gasteiger partial charge in [0.1, 0.15) is 12.4 Å². The molecule has 0 saturated carbocycles. The molecule has 0 atom stereocenters. The van der Waals surface area contributed by atoms with Crippen LogP contribution in [0.5, 0.6) is 5.75 Å². The minimum Gasteiger partial charge on any atom is -0.487 e. The van der Waals surface area contributed by atoms with Crippen LogP contribution in [-0.4, -0.2) is 14.4 Å². The number of aromatic nitrogens is 3. The molecular weight excluding hydrogens is 286 g/mol. The lowest BCUT2D eigenvalue weighted by atomic mass is 10.2. The number of hydrogen-bond donors (Lipinski definition) is 0. The highest BCUT2D eigenvalue weighted by atomic mass is 35.5. The Kier molecular flexibility index (Phi) is 3.55. The lowest BCUT2D eigenvalue weighted by Crippen LogP contribution is -1.96. The average Bonchev–Trinajstić information content (AvgIpc) is 2.83. The third kappa shape index (κ3) is 2.85. The van der Waals surface area contributed by atoms with Crippen molar-refractivity contribution in [2.45, 2.75) is 27.4 Å². The zero-order valence-electron chi connectivity index (χ0n) is 12.2. The van der Waals surface area contributed by atoms with Crippen molar-refractivity contribution in [3.05, 3.63) is 58.1 Å². The molecule has 0 amide bonds. The number of benzene rings is 1. The van der Waals surface area contributed by atoms with Gasteiger partial charge < -0.3 is 4.74 Å². The fourth-order valence-corrected chi connectivity index (χ4v) is 2.37. The van der Waals surface area contributed by atoms with Gasteiger partial charge in [-0.15, -0.1) is 0 Å². The Labute approximate surface area is 128 Å². The maximum Gasteiger partial charge on any atom is 0.234 e. The lowest BCUT2D eigenvalue weighted by Gasteiger charge is -2.05. The van der Waals surface area contributed by atoms with Crippen LogP contribution in [0.3, 0.4) is 0 Å². The van der Waals surface area contributed by atoms with Crippen molar-refractivity contribution >= 4 is 17.4 Å². The molecule has 2 aromatic heterocycles. The van der Waals surface area contributed by atoms with Gasteiger partial charge in [-0.25, -0.2) is 9.97 Å². The second-order valence-electron chi connectivity index (χ2n) is 5.14. The van der Waals surface area contributed by atoms with Crippen LogP contribution in [0.1, 0.15) is 22.6 Å². The lowest BCUT2D eigenvalue weighted by molar-refractivity contribution is 0.302. The van der Waals surface area contributed by atoms with Gasteiger partial charge >= 0.3 is 0 Å². The summed E-state index contributed by atoms with van der Waals surface area (Å²) in [7, 11) is 0. The summed E-state index contributed by atoms with van der Waals surface area (Å²) < 4.78 is 7.74. The summed E-state index contributed by atoms with van der Waals surface area (Å²) in [6.07, 6.45) is 1.96. The van der Waals surface area contributed by atoms with Crippen molar-refractivity contribution in [1.29, 1.82) is 0 Å². The predicted octanol–water partition coefficient (Wildman–Crippen LogP) is 3.89. The number of nitrogens with zero attached hydrogens (tertiary/aromatic N) is 3. The summed E-state index contributed by atoms with van der Waals surface area (Å²) in [5.74, 6) is 1.49. The van der Waals surface area contributed by atoms with E-state index in [0.29, 0.717) is 12.4 Å². The second-order valence-corrected chi connectivity index (χ2v) is 5.55. The minimum absolute atomic E-state index is 0.406. The van der Waals surface area contributed by atoms with Crippen LogP contribution < -0.4 is 4.74 Å². The summed E-state index contributed by atoms with van der Waals surface area (Å²) in [5.41, 5.74) is 3.92. The first kappa shape index (κ1) is 13.9. The number of fused-ring (bicyclic) bond motifs is 1. The molecule has 0 aliphatic heterocycles. The number of imidazole rings is 1. The van der Waals surface area contributed by atoms with Gasteiger partial charge in [-0.2, -0.15) is 0 Å². The van der Waals surface area contributed by atoms with Crippen molar-refractivity contribution in [2.75, 3.05) is 0 Å². The number of aryl methyl sites for hydroxylation is 3. The maximum absolute atomic E-state index is 6.00. The molecule has 21 heavy (non-hydrogen) atoms. The molecule has 2 heterocycles. The van der Waals surface area contributed by atoms with Gasteiger partial charge in [0, 0.05) is 22.6 Å². The standard InChI is InChI=1S/C16H16ClN3O/c1-10-6-14(4-5-15(10)17)21-9-13-8-20-12(3)7-11(2)18-16(20)19-13/h4-8H,9H2,1-3H3. The topological polar surface area (TPSA) is 39.4 Å². The summed E-state index contributed by atoms with van der Waals surface area (Å²) in [6, 6.07) is 7.65. The Morgan fingerprint density at radius 3 is 2.71 bits per heavy atom. The van der Waals surface area contributed by atoms with Crippen LogP contribution in [0.2, 0.25) is 5.02 Å². The molecule has 0 radical (unpaired) electrons. The van der Waals surface area contributed by atoms with Gasteiger partial charge in [-0.05, 0) is 50.6 Å². The van der Waals surface area contributed by atoms with Crippen LogP contribution in [-0.2, 0) is 6.61 Å². The molecule has 0 aliphatic rings.